The minimum absolute atomic E-state index is 0.0171. The van der Waals surface area contributed by atoms with Crippen LogP contribution in [0.5, 0.6) is 5.75 Å². The number of nitrogens with zero attached hydrogens (tertiary/aromatic N) is 2. The quantitative estimate of drug-likeness (QED) is 0.617. The topological polar surface area (TPSA) is 61.9 Å². The van der Waals surface area contributed by atoms with Crippen LogP contribution in [0.2, 0.25) is 0 Å². The summed E-state index contributed by atoms with van der Waals surface area (Å²) in [5.41, 5.74) is 4.99. The lowest BCUT2D eigenvalue weighted by Crippen LogP contribution is -2.35. The summed E-state index contributed by atoms with van der Waals surface area (Å²) in [6.07, 6.45) is 2.46. The maximum Gasteiger partial charge on any atom is 0.282 e. The third kappa shape index (κ3) is 4.01. The van der Waals surface area contributed by atoms with Gasteiger partial charge in [-0.15, -0.1) is 0 Å². The Morgan fingerprint density at radius 3 is 2.50 bits per heavy atom. The SMILES string of the molecule is CC[C@H](C)Oc1cc(N(C)C)ccc1/C=C1/C(=O)NN(c2ccccc2)C1=O. The lowest BCUT2D eigenvalue weighted by molar-refractivity contribution is -0.117. The van der Waals surface area contributed by atoms with Gasteiger partial charge in [-0.2, -0.15) is 0 Å². The minimum Gasteiger partial charge on any atom is -0.490 e. The maximum absolute atomic E-state index is 12.8. The van der Waals surface area contributed by atoms with Crippen molar-refractivity contribution in [2.24, 2.45) is 0 Å². The van der Waals surface area contributed by atoms with E-state index in [1.54, 1.807) is 18.2 Å². The van der Waals surface area contributed by atoms with E-state index in [2.05, 4.69) is 5.43 Å². The van der Waals surface area contributed by atoms with E-state index >= 15 is 0 Å². The molecule has 28 heavy (non-hydrogen) atoms. The maximum atomic E-state index is 12.8. The average Bonchev–Trinajstić information content (AvgIpc) is 2.97. The molecule has 1 N–H and O–H groups in total. The molecule has 146 valence electrons. The number of carbonyl (C=O) groups is 2. The Morgan fingerprint density at radius 2 is 1.86 bits per heavy atom. The third-order valence-electron chi connectivity index (χ3n) is 4.62. The zero-order chi connectivity index (χ0) is 20.3. The van der Waals surface area contributed by atoms with Crippen LogP contribution in [0.15, 0.2) is 54.1 Å². The molecule has 2 aromatic rings. The Bertz CT molecular complexity index is 906. The Balaban J connectivity index is 1.97. The fraction of sp³-hybridized carbons (Fsp3) is 0.273. The van der Waals surface area contributed by atoms with E-state index in [4.69, 9.17) is 4.74 Å². The Labute approximate surface area is 165 Å². The van der Waals surface area contributed by atoms with E-state index in [9.17, 15) is 9.59 Å². The van der Waals surface area contributed by atoms with E-state index in [1.807, 2.05) is 69.2 Å². The molecule has 3 rings (SSSR count). The predicted molar refractivity (Wildman–Crippen MR) is 111 cm³/mol. The molecule has 6 heteroatoms. The Morgan fingerprint density at radius 1 is 1.14 bits per heavy atom. The minimum atomic E-state index is -0.431. The molecule has 1 aliphatic rings. The summed E-state index contributed by atoms with van der Waals surface area (Å²) in [5, 5.41) is 1.26. The molecule has 0 saturated carbocycles. The van der Waals surface area contributed by atoms with Crippen molar-refractivity contribution in [1.82, 2.24) is 5.43 Å². The Kier molecular flexibility index (Phi) is 5.68. The van der Waals surface area contributed by atoms with Gasteiger partial charge in [0.1, 0.15) is 11.3 Å². The first kappa shape index (κ1) is 19.5. The van der Waals surface area contributed by atoms with E-state index in [0.29, 0.717) is 17.0 Å². The number of para-hydroxylation sites is 1. The highest BCUT2D eigenvalue weighted by molar-refractivity contribution is 6.31. The normalized spacial score (nSPS) is 16.3. The van der Waals surface area contributed by atoms with Crippen LogP contribution < -0.4 is 20.1 Å². The van der Waals surface area contributed by atoms with Crippen LogP contribution in [0, 0.1) is 0 Å². The molecule has 0 aromatic heterocycles. The molecule has 0 aliphatic carbocycles. The van der Waals surface area contributed by atoms with Crippen LogP contribution >= 0.6 is 0 Å². The van der Waals surface area contributed by atoms with Gasteiger partial charge in [0.15, 0.2) is 0 Å². The summed E-state index contributed by atoms with van der Waals surface area (Å²) in [4.78, 5) is 27.2. The van der Waals surface area contributed by atoms with Crippen molar-refractivity contribution in [2.45, 2.75) is 26.4 Å². The molecular weight excluding hydrogens is 354 g/mol. The molecule has 1 atom stereocenters. The van der Waals surface area contributed by atoms with Crippen LogP contribution in [-0.4, -0.2) is 32.0 Å². The summed E-state index contributed by atoms with van der Waals surface area (Å²) < 4.78 is 6.05. The number of hydrogen-bond acceptors (Lipinski definition) is 4. The van der Waals surface area contributed by atoms with Gasteiger partial charge in [-0.1, -0.05) is 25.1 Å². The molecule has 0 bridgehead atoms. The molecule has 0 radical (unpaired) electrons. The van der Waals surface area contributed by atoms with Gasteiger partial charge >= 0.3 is 0 Å². The van der Waals surface area contributed by atoms with Crippen molar-refractivity contribution in [3.05, 3.63) is 59.7 Å². The van der Waals surface area contributed by atoms with E-state index in [1.165, 1.54) is 5.01 Å². The van der Waals surface area contributed by atoms with Crippen LogP contribution in [0.25, 0.3) is 6.08 Å². The van der Waals surface area contributed by atoms with Gasteiger partial charge in [-0.3, -0.25) is 15.0 Å². The number of nitrogens with one attached hydrogen (secondary N) is 1. The molecule has 0 unspecified atom stereocenters. The molecule has 1 fully saturated rings. The van der Waals surface area contributed by atoms with Gasteiger partial charge in [0.25, 0.3) is 11.8 Å². The van der Waals surface area contributed by atoms with E-state index in [0.717, 1.165) is 12.1 Å². The number of amides is 2. The van der Waals surface area contributed by atoms with Crippen molar-refractivity contribution in [3.8, 4) is 5.75 Å². The second-order valence-electron chi connectivity index (χ2n) is 6.93. The number of anilines is 2. The summed E-state index contributed by atoms with van der Waals surface area (Å²) in [6, 6.07) is 14.7. The fourth-order valence-corrected chi connectivity index (χ4v) is 2.79. The van der Waals surface area contributed by atoms with Gasteiger partial charge < -0.3 is 9.64 Å². The largest absolute Gasteiger partial charge is 0.490 e. The number of benzene rings is 2. The number of carbonyl (C=O) groups excluding carboxylic acids is 2. The highest BCUT2D eigenvalue weighted by atomic mass is 16.5. The predicted octanol–water partition coefficient (Wildman–Crippen LogP) is 3.39. The highest BCUT2D eigenvalue weighted by Crippen LogP contribution is 2.30. The monoisotopic (exact) mass is 379 g/mol. The lowest BCUT2D eigenvalue weighted by Gasteiger charge is -2.19. The average molecular weight is 379 g/mol. The van der Waals surface area contributed by atoms with Crippen molar-refractivity contribution in [3.63, 3.8) is 0 Å². The number of rotatable bonds is 6. The van der Waals surface area contributed by atoms with E-state index < -0.39 is 5.91 Å². The van der Waals surface area contributed by atoms with Gasteiger partial charge in [-0.05, 0) is 43.7 Å². The van der Waals surface area contributed by atoms with Gasteiger partial charge in [-0.25, -0.2) is 5.01 Å². The van der Waals surface area contributed by atoms with Crippen LogP contribution in [0.3, 0.4) is 0 Å². The molecule has 2 amide bonds. The smallest absolute Gasteiger partial charge is 0.282 e. The van der Waals surface area contributed by atoms with Crippen molar-refractivity contribution in [1.29, 1.82) is 0 Å². The summed E-state index contributed by atoms with van der Waals surface area (Å²) in [6.45, 7) is 4.04. The third-order valence-corrected chi connectivity index (χ3v) is 4.62. The molecule has 1 aliphatic heterocycles. The first-order valence-electron chi connectivity index (χ1n) is 9.31. The van der Waals surface area contributed by atoms with E-state index in [-0.39, 0.29) is 17.6 Å². The number of hydrogen-bond donors (Lipinski definition) is 1. The summed E-state index contributed by atoms with van der Waals surface area (Å²) >= 11 is 0. The van der Waals surface area contributed by atoms with Crippen LogP contribution in [0.1, 0.15) is 25.8 Å². The van der Waals surface area contributed by atoms with Gasteiger partial charge in [0.2, 0.25) is 0 Å². The van der Waals surface area contributed by atoms with Crippen molar-refractivity contribution in [2.75, 3.05) is 24.0 Å². The zero-order valence-electron chi connectivity index (χ0n) is 16.6. The zero-order valence-corrected chi connectivity index (χ0v) is 16.6. The molecular formula is C22H25N3O3. The molecule has 2 aromatic carbocycles. The lowest BCUT2D eigenvalue weighted by atomic mass is 10.1. The molecule has 1 saturated heterocycles. The van der Waals surface area contributed by atoms with Crippen LogP contribution in [0.4, 0.5) is 11.4 Å². The highest BCUT2D eigenvalue weighted by Gasteiger charge is 2.34. The first-order chi connectivity index (χ1) is 13.4. The second kappa shape index (κ2) is 8.17. The summed E-state index contributed by atoms with van der Waals surface area (Å²) in [7, 11) is 3.90. The standard InChI is InChI=1S/C22H25N3O3/c1-5-15(2)28-20-14-18(24(3)4)12-11-16(20)13-19-21(26)23-25(22(19)27)17-9-7-6-8-10-17/h6-15H,5H2,1-4H3,(H,23,26)/b19-13-/t15-/m0/s1. The Hall–Kier alpha value is -3.28. The van der Waals surface area contributed by atoms with Crippen molar-refractivity contribution >= 4 is 29.3 Å². The number of hydrazine groups is 1. The summed E-state index contributed by atoms with van der Waals surface area (Å²) in [5.74, 6) is -0.172. The van der Waals surface area contributed by atoms with Gasteiger partial charge in [0.05, 0.1) is 11.8 Å². The first-order valence-corrected chi connectivity index (χ1v) is 9.31. The van der Waals surface area contributed by atoms with Crippen molar-refractivity contribution < 1.29 is 14.3 Å². The van der Waals surface area contributed by atoms with Crippen LogP contribution in [-0.2, 0) is 9.59 Å². The van der Waals surface area contributed by atoms with Gasteiger partial charge in [0, 0.05) is 31.4 Å². The number of ether oxygens (including phenoxy) is 1. The molecule has 0 spiro atoms. The molecule has 1 heterocycles. The fourth-order valence-electron chi connectivity index (χ4n) is 2.79. The molecule has 6 nitrogen and oxygen atoms in total. The second-order valence-corrected chi connectivity index (χ2v) is 6.93.